The number of piperidine rings is 1. The summed E-state index contributed by atoms with van der Waals surface area (Å²) in [7, 11) is 0. The summed E-state index contributed by atoms with van der Waals surface area (Å²) in [6, 6.07) is 5.36. The molecule has 1 aromatic carbocycles. The van der Waals surface area contributed by atoms with Crippen LogP contribution in [0.3, 0.4) is 0 Å². The lowest BCUT2D eigenvalue weighted by Gasteiger charge is -2.32. The molecule has 0 amide bonds. The molecule has 86 valence electrons. The van der Waals surface area contributed by atoms with Crippen molar-refractivity contribution in [3.8, 4) is 0 Å². The Morgan fingerprint density at radius 3 is 2.94 bits per heavy atom. The van der Waals surface area contributed by atoms with Crippen LogP contribution in [0.25, 0.3) is 0 Å². The molecule has 0 aliphatic carbocycles. The minimum absolute atomic E-state index is 0.265. The highest BCUT2D eigenvalue weighted by atomic mass is 35.5. The van der Waals surface area contributed by atoms with E-state index < -0.39 is 0 Å². The van der Waals surface area contributed by atoms with Gasteiger partial charge in [-0.1, -0.05) is 11.6 Å². The van der Waals surface area contributed by atoms with E-state index in [1.165, 1.54) is 0 Å². The van der Waals surface area contributed by atoms with E-state index in [0.29, 0.717) is 17.1 Å². The average Bonchev–Trinajstić information content (AvgIpc) is 2.29. The van der Waals surface area contributed by atoms with Gasteiger partial charge >= 0.3 is 0 Å². The van der Waals surface area contributed by atoms with Gasteiger partial charge in [0.15, 0.2) is 6.29 Å². The highest BCUT2D eigenvalue weighted by molar-refractivity contribution is 6.33. The van der Waals surface area contributed by atoms with Gasteiger partial charge in [0.05, 0.1) is 11.1 Å². The number of nitrogens with zero attached hydrogens (tertiary/aromatic N) is 1. The van der Waals surface area contributed by atoms with Gasteiger partial charge in [-0.05, 0) is 31.0 Å². The van der Waals surface area contributed by atoms with Crippen LogP contribution in [-0.4, -0.2) is 30.6 Å². The van der Waals surface area contributed by atoms with E-state index in [4.69, 9.17) is 11.6 Å². The Hall–Kier alpha value is -1.06. The van der Waals surface area contributed by atoms with Gasteiger partial charge in [-0.15, -0.1) is 0 Å². The zero-order valence-corrected chi connectivity index (χ0v) is 9.65. The first-order valence-corrected chi connectivity index (χ1v) is 5.76. The Kier molecular flexibility index (Phi) is 3.46. The van der Waals surface area contributed by atoms with E-state index in [1.54, 1.807) is 12.1 Å². The molecule has 0 saturated carbocycles. The summed E-state index contributed by atoms with van der Waals surface area (Å²) in [6.45, 7) is 1.56. The molecule has 1 saturated heterocycles. The van der Waals surface area contributed by atoms with Crippen molar-refractivity contribution in [3.63, 3.8) is 0 Å². The van der Waals surface area contributed by atoms with Gasteiger partial charge in [-0.3, -0.25) is 4.79 Å². The molecule has 1 aromatic rings. The molecule has 1 unspecified atom stereocenters. The van der Waals surface area contributed by atoms with Crippen LogP contribution in [0.4, 0.5) is 5.69 Å². The predicted octanol–water partition coefficient (Wildman–Crippen LogP) is 2.11. The van der Waals surface area contributed by atoms with Crippen LogP contribution in [0.2, 0.25) is 5.02 Å². The molecule has 0 spiro atoms. The molecule has 0 radical (unpaired) electrons. The molecule has 2 rings (SSSR count). The lowest BCUT2D eigenvalue weighted by molar-refractivity contribution is 0.112. The fourth-order valence-electron chi connectivity index (χ4n) is 2.00. The van der Waals surface area contributed by atoms with Crippen molar-refractivity contribution in [1.82, 2.24) is 0 Å². The fourth-order valence-corrected chi connectivity index (χ4v) is 2.22. The summed E-state index contributed by atoms with van der Waals surface area (Å²) in [5, 5.41) is 10.0. The van der Waals surface area contributed by atoms with Crippen molar-refractivity contribution in [3.05, 3.63) is 28.8 Å². The first-order chi connectivity index (χ1) is 7.70. The largest absolute Gasteiger partial charge is 0.391 e. The number of hydrogen-bond donors (Lipinski definition) is 1. The van der Waals surface area contributed by atoms with Gasteiger partial charge in [0.25, 0.3) is 0 Å². The van der Waals surface area contributed by atoms with Crippen LogP contribution in [0.5, 0.6) is 0 Å². The number of carbonyl (C=O) groups excluding carboxylic acids is 1. The Morgan fingerprint density at radius 1 is 1.50 bits per heavy atom. The number of halogens is 1. The van der Waals surface area contributed by atoms with Crippen LogP contribution in [0.15, 0.2) is 18.2 Å². The summed E-state index contributed by atoms with van der Waals surface area (Å²) in [5.74, 6) is 0. The number of aliphatic hydroxyl groups excluding tert-OH is 1. The number of aldehydes is 1. The molecule has 1 heterocycles. The lowest BCUT2D eigenvalue weighted by Crippen LogP contribution is -2.38. The molecular formula is C12H14ClNO2. The second kappa shape index (κ2) is 4.85. The van der Waals surface area contributed by atoms with Crippen LogP contribution in [0, 0.1) is 0 Å². The van der Waals surface area contributed by atoms with Gasteiger partial charge in [-0.2, -0.15) is 0 Å². The molecule has 1 aliphatic rings. The van der Waals surface area contributed by atoms with Gasteiger partial charge in [0.1, 0.15) is 0 Å². The molecule has 0 bridgehead atoms. The van der Waals surface area contributed by atoms with Crippen molar-refractivity contribution in [2.75, 3.05) is 18.0 Å². The quantitative estimate of drug-likeness (QED) is 0.804. The normalized spacial score (nSPS) is 20.9. The number of hydrogen-bond acceptors (Lipinski definition) is 3. The molecule has 1 fully saturated rings. The third kappa shape index (κ3) is 2.36. The average molecular weight is 240 g/mol. The van der Waals surface area contributed by atoms with Crippen molar-refractivity contribution in [2.24, 2.45) is 0 Å². The van der Waals surface area contributed by atoms with E-state index in [-0.39, 0.29) is 6.10 Å². The zero-order chi connectivity index (χ0) is 11.5. The number of carbonyl (C=O) groups is 1. The third-order valence-corrected chi connectivity index (χ3v) is 3.20. The molecule has 1 aliphatic heterocycles. The Morgan fingerprint density at radius 2 is 2.31 bits per heavy atom. The number of β-amino-alcohol motifs (C(OH)–C–C–N with tert-alkyl or cyclic N) is 1. The maximum absolute atomic E-state index is 10.6. The second-order valence-electron chi connectivity index (χ2n) is 4.07. The smallest absolute Gasteiger partial charge is 0.151 e. The Balaban J connectivity index is 2.20. The summed E-state index contributed by atoms with van der Waals surface area (Å²) in [4.78, 5) is 12.7. The van der Waals surface area contributed by atoms with Crippen LogP contribution in [0.1, 0.15) is 23.2 Å². The Labute approximate surface area is 99.6 Å². The maximum Gasteiger partial charge on any atom is 0.151 e. The van der Waals surface area contributed by atoms with E-state index in [2.05, 4.69) is 4.90 Å². The first-order valence-electron chi connectivity index (χ1n) is 5.38. The van der Waals surface area contributed by atoms with Crippen molar-refractivity contribution in [1.29, 1.82) is 0 Å². The molecule has 16 heavy (non-hydrogen) atoms. The summed E-state index contributed by atoms with van der Waals surface area (Å²) >= 11 is 5.96. The zero-order valence-electron chi connectivity index (χ0n) is 8.90. The van der Waals surface area contributed by atoms with Crippen LogP contribution in [-0.2, 0) is 0 Å². The van der Waals surface area contributed by atoms with E-state index in [1.807, 2.05) is 6.07 Å². The number of benzene rings is 1. The van der Waals surface area contributed by atoms with E-state index in [9.17, 15) is 9.90 Å². The standard InChI is InChI=1S/C12H14ClNO2/c13-12-6-10(4-3-9(12)8-15)14-5-1-2-11(16)7-14/h3-4,6,8,11,16H,1-2,5,7H2. The van der Waals surface area contributed by atoms with Gasteiger partial charge in [0.2, 0.25) is 0 Å². The molecule has 3 nitrogen and oxygen atoms in total. The highest BCUT2D eigenvalue weighted by Crippen LogP contribution is 2.25. The number of anilines is 1. The first kappa shape index (κ1) is 11.4. The highest BCUT2D eigenvalue weighted by Gasteiger charge is 2.18. The predicted molar refractivity (Wildman–Crippen MR) is 64.3 cm³/mol. The van der Waals surface area contributed by atoms with Crippen molar-refractivity contribution < 1.29 is 9.90 Å². The van der Waals surface area contributed by atoms with Crippen LogP contribution < -0.4 is 4.90 Å². The summed E-state index contributed by atoms with van der Waals surface area (Å²) in [5.41, 5.74) is 1.47. The van der Waals surface area contributed by atoms with E-state index >= 15 is 0 Å². The lowest BCUT2D eigenvalue weighted by atomic mass is 10.1. The SMILES string of the molecule is O=Cc1ccc(N2CCCC(O)C2)cc1Cl. The second-order valence-corrected chi connectivity index (χ2v) is 4.47. The van der Waals surface area contributed by atoms with Gasteiger partial charge in [-0.25, -0.2) is 0 Å². The minimum atomic E-state index is -0.265. The van der Waals surface area contributed by atoms with Crippen molar-refractivity contribution >= 4 is 23.6 Å². The minimum Gasteiger partial charge on any atom is -0.391 e. The van der Waals surface area contributed by atoms with Gasteiger partial charge in [0, 0.05) is 24.3 Å². The monoisotopic (exact) mass is 239 g/mol. The molecular weight excluding hydrogens is 226 g/mol. The third-order valence-electron chi connectivity index (χ3n) is 2.87. The molecule has 1 atom stereocenters. The summed E-state index contributed by atoms with van der Waals surface area (Å²) in [6.07, 6.45) is 2.32. The van der Waals surface area contributed by atoms with E-state index in [0.717, 1.165) is 31.4 Å². The van der Waals surface area contributed by atoms with Crippen molar-refractivity contribution in [2.45, 2.75) is 18.9 Å². The van der Waals surface area contributed by atoms with Crippen LogP contribution >= 0.6 is 11.6 Å². The number of aliphatic hydroxyl groups is 1. The number of rotatable bonds is 2. The molecule has 4 heteroatoms. The Bertz CT molecular complexity index is 395. The van der Waals surface area contributed by atoms with Gasteiger partial charge < -0.3 is 10.0 Å². The maximum atomic E-state index is 10.6. The topological polar surface area (TPSA) is 40.5 Å². The molecule has 1 N–H and O–H groups in total. The molecule has 0 aromatic heterocycles. The summed E-state index contributed by atoms with van der Waals surface area (Å²) < 4.78 is 0. The fraction of sp³-hybridized carbons (Fsp3) is 0.417.